The molecule has 2 aliphatic rings. The summed E-state index contributed by atoms with van der Waals surface area (Å²) in [6.45, 7) is 3.86. The normalized spacial score (nSPS) is 21.1. The number of hydrogen-bond acceptors (Lipinski definition) is 4. The molecule has 1 aromatic rings. The molecule has 0 aromatic heterocycles. The molecule has 0 unspecified atom stereocenters. The number of rotatable bonds is 6. The van der Waals surface area contributed by atoms with Crippen molar-refractivity contribution in [1.82, 2.24) is 15.1 Å². The van der Waals surface area contributed by atoms with Gasteiger partial charge < -0.3 is 25.6 Å². The zero-order chi connectivity index (χ0) is 18.5. The third-order valence-corrected chi connectivity index (χ3v) is 4.86. The molecular formula is C18H25FN4O3. The monoisotopic (exact) mass is 364 g/mol. The highest BCUT2D eigenvalue weighted by Gasteiger charge is 2.32. The van der Waals surface area contributed by atoms with Crippen molar-refractivity contribution >= 4 is 11.9 Å². The minimum atomic E-state index is -0.303. The summed E-state index contributed by atoms with van der Waals surface area (Å²) in [4.78, 5) is 27.2. The molecule has 0 bridgehead atoms. The van der Waals surface area contributed by atoms with Gasteiger partial charge in [-0.2, -0.15) is 0 Å². The first-order chi connectivity index (χ1) is 12.5. The molecule has 7 nitrogen and oxygen atoms in total. The van der Waals surface area contributed by atoms with Gasteiger partial charge in [0.25, 0.3) is 0 Å². The number of primary amides is 1. The summed E-state index contributed by atoms with van der Waals surface area (Å²) in [7, 11) is 0. The van der Waals surface area contributed by atoms with Crippen molar-refractivity contribution in [2.24, 2.45) is 11.7 Å². The van der Waals surface area contributed by atoms with E-state index in [9.17, 15) is 14.0 Å². The number of halogens is 1. The van der Waals surface area contributed by atoms with Crippen LogP contribution in [0.1, 0.15) is 12.8 Å². The molecule has 3 amide bonds. The van der Waals surface area contributed by atoms with Gasteiger partial charge in [0.15, 0.2) is 0 Å². The second-order valence-corrected chi connectivity index (χ2v) is 6.87. The Morgan fingerprint density at radius 2 is 1.96 bits per heavy atom. The standard InChI is InChI=1S/C18H25FN4O3/c19-14-3-5-15(6-4-14)26-16-11-23(12-16)18(25)21-7-9-22-8-1-2-13(10-22)17(20)24/h3-6,13,16H,1-2,7-12H2,(H2,20,24)(H,21,25)/t13-/m0/s1. The average molecular weight is 364 g/mol. The zero-order valence-electron chi connectivity index (χ0n) is 14.7. The Bertz CT molecular complexity index is 634. The van der Waals surface area contributed by atoms with Crippen LogP contribution in [0.15, 0.2) is 24.3 Å². The van der Waals surface area contributed by atoms with E-state index in [1.165, 1.54) is 12.1 Å². The van der Waals surface area contributed by atoms with Gasteiger partial charge in [-0.1, -0.05) is 0 Å². The molecule has 0 saturated carbocycles. The SMILES string of the molecule is NC(=O)[C@H]1CCCN(CCNC(=O)N2CC(Oc3ccc(F)cc3)C2)C1. The number of likely N-dealkylation sites (tertiary alicyclic amines) is 2. The highest BCUT2D eigenvalue weighted by atomic mass is 19.1. The van der Waals surface area contributed by atoms with Crippen molar-refractivity contribution in [1.29, 1.82) is 0 Å². The molecule has 142 valence electrons. The van der Waals surface area contributed by atoms with E-state index in [0.717, 1.165) is 19.4 Å². The molecular weight excluding hydrogens is 339 g/mol. The van der Waals surface area contributed by atoms with Crippen LogP contribution in [-0.4, -0.2) is 67.1 Å². The number of urea groups is 1. The van der Waals surface area contributed by atoms with Gasteiger partial charge in [-0.05, 0) is 43.7 Å². The van der Waals surface area contributed by atoms with Crippen LogP contribution in [0.3, 0.4) is 0 Å². The molecule has 0 radical (unpaired) electrons. The number of benzene rings is 1. The molecule has 2 aliphatic heterocycles. The van der Waals surface area contributed by atoms with Gasteiger partial charge in [-0.15, -0.1) is 0 Å². The molecule has 26 heavy (non-hydrogen) atoms. The van der Waals surface area contributed by atoms with E-state index in [2.05, 4.69) is 10.2 Å². The molecule has 1 aromatic carbocycles. The summed E-state index contributed by atoms with van der Waals surface area (Å²) in [6.07, 6.45) is 1.74. The zero-order valence-corrected chi connectivity index (χ0v) is 14.7. The molecule has 3 rings (SSSR count). The van der Waals surface area contributed by atoms with Gasteiger partial charge in [0.2, 0.25) is 5.91 Å². The number of carbonyl (C=O) groups is 2. The Morgan fingerprint density at radius 3 is 2.65 bits per heavy atom. The van der Waals surface area contributed by atoms with Gasteiger partial charge in [0, 0.05) is 19.6 Å². The Balaban J connectivity index is 1.31. The van der Waals surface area contributed by atoms with E-state index < -0.39 is 0 Å². The highest BCUT2D eigenvalue weighted by molar-refractivity contribution is 5.77. The Hall–Kier alpha value is -2.35. The molecule has 0 aliphatic carbocycles. The van der Waals surface area contributed by atoms with Crippen molar-refractivity contribution in [2.45, 2.75) is 18.9 Å². The van der Waals surface area contributed by atoms with Crippen LogP contribution >= 0.6 is 0 Å². The largest absolute Gasteiger partial charge is 0.487 e. The summed E-state index contributed by atoms with van der Waals surface area (Å²) in [5.41, 5.74) is 5.37. The fourth-order valence-corrected chi connectivity index (χ4v) is 3.31. The van der Waals surface area contributed by atoms with Crippen molar-refractivity contribution < 1.29 is 18.7 Å². The lowest BCUT2D eigenvalue weighted by atomic mass is 9.97. The van der Waals surface area contributed by atoms with Gasteiger partial charge in [0.05, 0.1) is 19.0 Å². The highest BCUT2D eigenvalue weighted by Crippen LogP contribution is 2.18. The minimum Gasteiger partial charge on any atom is -0.487 e. The average Bonchev–Trinajstić information content (AvgIpc) is 2.59. The van der Waals surface area contributed by atoms with E-state index in [1.807, 2.05) is 0 Å². The second-order valence-electron chi connectivity index (χ2n) is 6.87. The number of hydrogen-bond donors (Lipinski definition) is 2. The Labute approximate surface area is 152 Å². The summed E-state index contributed by atoms with van der Waals surface area (Å²) in [6, 6.07) is 5.74. The Kier molecular flexibility index (Phi) is 5.92. The number of amides is 3. The molecule has 2 fully saturated rings. The molecule has 2 heterocycles. The van der Waals surface area contributed by atoms with E-state index in [-0.39, 0.29) is 29.8 Å². The van der Waals surface area contributed by atoms with Crippen LogP contribution in [0.4, 0.5) is 9.18 Å². The van der Waals surface area contributed by atoms with E-state index in [1.54, 1.807) is 17.0 Å². The van der Waals surface area contributed by atoms with Crippen LogP contribution in [0.5, 0.6) is 5.75 Å². The predicted molar refractivity (Wildman–Crippen MR) is 94.1 cm³/mol. The van der Waals surface area contributed by atoms with E-state index in [0.29, 0.717) is 38.5 Å². The quantitative estimate of drug-likeness (QED) is 0.781. The van der Waals surface area contributed by atoms with Crippen LogP contribution in [0, 0.1) is 11.7 Å². The number of piperidine rings is 1. The lowest BCUT2D eigenvalue weighted by Crippen LogP contribution is -2.59. The van der Waals surface area contributed by atoms with Gasteiger partial charge >= 0.3 is 6.03 Å². The second kappa shape index (κ2) is 8.35. The summed E-state index contributed by atoms with van der Waals surface area (Å²) < 4.78 is 18.5. The molecule has 1 atom stereocenters. The first-order valence-corrected chi connectivity index (χ1v) is 8.98. The fourth-order valence-electron chi connectivity index (χ4n) is 3.31. The maximum Gasteiger partial charge on any atom is 0.317 e. The fraction of sp³-hybridized carbons (Fsp3) is 0.556. The minimum absolute atomic E-state index is 0.0652. The third kappa shape index (κ3) is 4.85. The summed E-state index contributed by atoms with van der Waals surface area (Å²) in [5.74, 6) is -0.0286. The van der Waals surface area contributed by atoms with Crippen LogP contribution in [0.2, 0.25) is 0 Å². The molecule has 2 saturated heterocycles. The molecule has 8 heteroatoms. The van der Waals surface area contributed by atoms with Gasteiger partial charge in [-0.3, -0.25) is 4.79 Å². The summed E-state index contributed by atoms with van der Waals surface area (Å²) >= 11 is 0. The first kappa shape index (κ1) is 18.4. The number of nitrogens with zero attached hydrogens (tertiary/aromatic N) is 2. The van der Waals surface area contributed by atoms with Crippen LogP contribution in [0.25, 0.3) is 0 Å². The number of nitrogens with one attached hydrogen (secondary N) is 1. The summed E-state index contributed by atoms with van der Waals surface area (Å²) in [5, 5.41) is 2.89. The maximum absolute atomic E-state index is 12.9. The van der Waals surface area contributed by atoms with Crippen molar-refractivity contribution in [3.8, 4) is 5.75 Å². The topological polar surface area (TPSA) is 87.9 Å². The van der Waals surface area contributed by atoms with Crippen molar-refractivity contribution in [2.75, 3.05) is 39.3 Å². The lowest BCUT2D eigenvalue weighted by molar-refractivity contribution is -0.123. The number of carbonyl (C=O) groups excluding carboxylic acids is 2. The van der Waals surface area contributed by atoms with Gasteiger partial charge in [0.1, 0.15) is 17.7 Å². The van der Waals surface area contributed by atoms with Crippen LogP contribution in [-0.2, 0) is 4.79 Å². The maximum atomic E-state index is 12.9. The van der Waals surface area contributed by atoms with Crippen molar-refractivity contribution in [3.63, 3.8) is 0 Å². The van der Waals surface area contributed by atoms with Crippen LogP contribution < -0.4 is 15.8 Å². The smallest absolute Gasteiger partial charge is 0.317 e. The predicted octanol–water partition coefficient (Wildman–Crippen LogP) is 0.796. The first-order valence-electron chi connectivity index (χ1n) is 8.98. The van der Waals surface area contributed by atoms with E-state index >= 15 is 0 Å². The van der Waals surface area contributed by atoms with Crippen molar-refractivity contribution in [3.05, 3.63) is 30.1 Å². The number of ether oxygens (including phenoxy) is 1. The van der Waals surface area contributed by atoms with Gasteiger partial charge in [-0.25, -0.2) is 9.18 Å². The molecule has 3 N–H and O–H groups in total. The molecule has 0 spiro atoms. The lowest BCUT2D eigenvalue weighted by Gasteiger charge is -2.39. The Morgan fingerprint density at radius 1 is 1.23 bits per heavy atom. The number of nitrogens with two attached hydrogens (primary N) is 1. The van der Waals surface area contributed by atoms with E-state index in [4.69, 9.17) is 10.5 Å². The third-order valence-electron chi connectivity index (χ3n) is 4.86.